The zero-order valence-corrected chi connectivity index (χ0v) is 12.9. The molecule has 5 heteroatoms. The van der Waals surface area contributed by atoms with Gasteiger partial charge in [-0.1, -0.05) is 29.8 Å². The second kappa shape index (κ2) is 6.92. The molecule has 0 aliphatic rings. The van der Waals surface area contributed by atoms with E-state index in [1.165, 1.54) is 0 Å². The summed E-state index contributed by atoms with van der Waals surface area (Å²) in [4.78, 5) is 4.68. The van der Waals surface area contributed by atoms with Gasteiger partial charge in [0.05, 0.1) is 23.3 Å². The first kappa shape index (κ1) is 15.0. The first-order chi connectivity index (χ1) is 10.8. The third-order valence-electron chi connectivity index (χ3n) is 3.54. The Balaban J connectivity index is 1.99. The minimum absolute atomic E-state index is 0.152. The van der Waals surface area contributed by atoms with Crippen molar-refractivity contribution < 1.29 is 5.11 Å². The summed E-state index contributed by atoms with van der Waals surface area (Å²) in [6.07, 6.45) is 0. The van der Waals surface area contributed by atoms with Gasteiger partial charge in [0.1, 0.15) is 0 Å². The third-order valence-corrected chi connectivity index (χ3v) is 3.77. The van der Waals surface area contributed by atoms with Crippen molar-refractivity contribution >= 4 is 39.1 Å². The second-order valence-corrected chi connectivity index (χ2v) is 5.50. The number of pyridine rings is 1. The highest BCUT2D eigenvalue weighted by Crippen LogP contribution is 2.31. The molecular formula is C17H18ClN3O. The number of anilines is 1. The van der Waals surface area contributed by atoms with Crippen LogP contribution in [-0.4, -0.2) is 36.3 Å². The average Bonchev–Trinajstić information content (AvgIpc) is 2.53. The lowest BCUT2D eigenvalue weighted by Crippen LogP contribution is -2.25. The smallest absolute Gasteiger partial charge is 0.0745 e. The van der Waals surface area contributed by atoms with E-state index >= 15 is 0 Å². The molecule has 0 radical (unpaired) electrons. The minimum Gasteiger partial charge on any atom is -0.395 e. The number of nitrogens with zero attached hydrogens (tertiary/aromatic N) is 1. The van der Waals surface area contributed by atoms with Crippen LogP contribution in [0.4, 0.5) is 5.69 Å². The maximum atomic E-state index is 8.79. The van der Waals surface area contributed by atoms with E-state index in [4.69, 9.17) is 16.7 Å². The van der Waals surface area contributed by atoms with Crippen LogP contribution in [0, 0.1) is 0 Å². The van der Waals surface area contributed by atoms with E-state index in [9.17, 15) is 0 Å². The quantitative estimate of drug-likeness (QED) is 0.483. The van der Waals surface area contributed by atoms with Crippen molar-refractivity contribution in [3.8, 4) is 0 Å². The largest absolute Gasteiger partial charge is 0.395 e. The van der Waals surface area contributed by atoms with E-state index in [2.05, 4.69) is 21.7 Å². The number of rotatable bonds is 6. The van der Waals surface area contributed by atoms with Crippen molar-refractivity contribution in [1.29, 1.82) is 0 Å². The number of benzene rings is 2. The minimum atomic E-state index is 0.152. The Labute approximate surface area is 134 Å². The lowest BCUT2D eigenvalue weighted by atomic mass is 10.1. The summed E-state index contributed by atoms with van der Waals surface area (Å²) in [7, 11) is 0. The number of aliphatic hydroxyl groups excluding tert-OH is 1. The molecule has 22 heavy (non-hydrogen) atoms. The third kappa shape index (κ3) is 3.14. The zero-order chi connectivity index (χ0) is 15.4. The molecule has 114 valence electrons. The number of aromatic nitrogens is 1. The van der Waals surface area contributed by atoms with Crippen molar-refractivity contribution in [3.63, 3.8) is 0 Å². The van der Waals surface area contributed by atoms with E-state index in [0.29, 0.717) is 11.6 Å². The lowest BCUT2D eigenvalue weighted by Gasteiger charge is -2.13. The van der Waals surface area contributed by atoms with Crippen LogP contribution in [0.15, 0.2) is 42.5 Å². The molecular weight excluding hydrogens is 298 g/mol. The molecule has 0 fully saturated rings. The monoisotopic (exact) mass is 315 g/mol. The highest BCUT2D eigenvalue weighted by molar-refractivity contribution is 6.31. The van der Waals surface area contributed by atoms with Gasteiger partial charge in [-0.3, -0.25) is 0 Å². The molecule has 0 unspecified atom stereocenters. The van der Waals surface area contributed by atoms with Gasteiger partial charge in [-0.2, -0.15) is 0 Å². The Hall–Kier alpha value is -1.88. The maximum absolute atomic E-state index is 8.79. The predicted octanol–water partition coefficient (Wildman–Crippen LogP) is 3.04. The molecule has 0 saturated heterocycles. The molecule has 3 N–H and O–H groups in total. The molecule has 3 rings (SSSR count). The van der Waals surface area contributed by atoms with Crippen LogP contribution in [0.3, 0.4) is 0 Å². The van der Waals surface area contributed by atoms with Crippen molar-refractivity contribution in [2.75, 3.05) is 31.6 Å². The van der Waals surface area contributed by atoms with Crippen LogP contribution in [-0.2, 0) is 0 Å². The number of para-hydroxylation sites is 1. The summed E-state index contributed by atoms with van der Waals surface area (Å²) in [5, 5.41) is 18.3. The fourth-order valence-corrected chi connectivity index (χ4v) is 2.70. The molecule has 0 aliphatic carbocycles. The molecule has 0 saturated carbocycles. The number of hydrogen-bond donors (Lipinski definition) is 3. The van der Waals surface area contributed by atoms with E-state index in [-0.39, 0.29) is 6.61 Å². The van der Waals surface area contributed by atoms with Crippen molar-refractivity contribution in [2.45, 2.75) is 0 Å². The molecule has 0 amide bonds. The summed E-state index contributed by atoms with van der Waals surface area (Å²) in [5.41, 5.74) is 2.91. The first-order valence-corrected chi connectivity index (χ1v) is 7.71. The average molecular weight is 316 g/mol. The van der Waals surface area contributed by atoms with Gasteiger partial charge in [0.15, 0.2) is 0 Å². The standard InChI is InChI=1S/C17H18ClN3O/c18-12-5-6-14-16(11-12)21-15-4-2-1-3-13(15)17(14)20-8-7-19-9-10-22/h1-6,11,19,22H,7-10H2,(H,20,21). The first-order valence-electron chi connectivity index (χ1n) is 7.33. The van der Waals surface area contributed by atoms with E-state index in [1.807, 2.05) is 36.4 Å². The molecule has 2 aromatic carbocycles. The van der Waals surface area contributed by atoms with E-state index in [1.54, 1.807) is 0 Å². The molecule has 1 heterocycles. The van der Waals surface area contributed by atoms with E-state index in [0.717, 1.165) is 40.6 Å². The fraction of sp³-hybridized carbons (Fsp3) is 0.235. The van der Waals surface area contributed by atoms with Crippen LogP contribution in [0.1, 0.15) is 0 Å². The summed E-state index contributed by atoms with van der Waals surface area (Å²) in [5.74, 6) is 0. The second-order valence-electron chi connectivity index (χ2n) is 5.07. The fourth-order valence-electron chi connectivity index (χ4n) is 2.54. The molecule has 1 aromatic heterocycles. The number of fused-ring (bicyclic) bond motifs is 2. The van der Waals surface area contributed by atoms with Crippen LogP contribution in [0.5, 0.6) is 0 Å². The maximum Gasteiger partial charge on any atom is 0.0745 e. The number of nitrogens with one attached hydrogen (secondary N) is 2. The highest BCUT2D eigenvalue weighted by atomic mass is 35.5. The Kier molecular flexibility index (Phi) is 4.73. The normalized spacial score (nSPS) is 11.2. The Morgan fingerprint density at radius 1 is 0.955 bits per heavy atom. The van der Waals surface area contributed by atoms with Crippen LogP contribution < -0.4 is 10.6 Å². The predicted molar refractivity (Wildman–Crippen MR) is 92.7 cm³/mol. The summed E-state index contributed by atoms with van der Waals surface area (Å²) >= 11 is 6.09. The molecule has 0 bridgehead atoms. The summed E-state index contributed by atoms with van der Waals surface area (Å²) < 4.78 is 0. The molecule has 0 spiro atoms. The van der Waals surface area contributed by atoms with Gasteiger partial charge in [0.25, 0.3) is 0 Å². The van der Waals surface area contributed by atoms with Crippen molar-refractivity contribution in [3.05, 3.63) is 47.5 Å². The van der Waals surface area contributed by atoms with Crippen LogP contribution in [0.2, 0.25) is 5.02 Å². The van der Waals surface area contributed by atoms with Crippen LogP contribution in [0.25, 0.3) is 21.8 Å². The van der Waals surface area contributed by atoms with Gasteiger partial charge in [0.2, 0.25) is 0 Å². The Morgan fingerprint density at radius 2 is 1.77 bits per heavy atom. The number of halogens is 1. The van der Waals surface area contributed by atoms with Gasteiger partial charge < -0.3 is 15.7 Å². The van der Waals surface area contributed by atoms with E-state index < -0.39 is 0 Å². The molecule has 0 aliphatic heterocycles. The Morgan fingerprint density at radius 3 is 2.64 bits per heavy atom. The molecule has 0 atom stereocenters. The Bertz CT molecular complexity index is 791. The van der Waals surface area contributed by atoms with Gasteiger partial charge in [0, 0.05) is 35.4 Å². The summed E-state index contributed by atoms with van der Waals surface area (Å²) in [6.45, 7) is 2.31. The van der Waals surface area contributed by atoms with Gasteiger partial charge in [-0.25, -0.2) is 4.98 Å². The summed E-state index contributed by atoms with van der Waals surface area (Å²) in [6, 6.07) is 13.8. The molecule has 4 nitrogen and oxygen atoms in total. The number of hydrogen-bond acceptors (Lipinski definition) is 4. The lowest BCUT2D eigenvalue weighted by molar-refractivity contribution is 0.293. The zero-order valence-electron chi connectivity index (χ0n) is 12.1. The van der Waals surface area contributed by atoms with Crippen LogP contribution >= 0.6 is 11.6 Å². The van der Waals surface area contributed by atoms with Gasteiger partial charge in [-0.05, 0) is 24.3 Å². The topological polar surface area (TPSA) is 57.2 Å². The SMILES string of the molecule is OCCNCCNc1c2ccccc2nc2cc(Cl)ccc12. The van der Waals surface area contributed by atoms with Crippen molar-refractivity contribution in [1.82, 2.24) is 10.3 Å². The number of aliphatic hydroxyl groups is 1. The molecule has 3 aromatic rings. The van der Waals surface area contributed by atoms with Gasteiger partial charge in [-0.15, -0.1) is 0 Å². The van der Waals surface area contributed by atoms with Crippen molar-refractivity contribution in [2.24, 2.45) is 0 Å². The highest BCUT2D eigenvalue weighted by Gasteiger charge is 2.08. The van der Waals surface area contributed by atoms with Gasteiger partial charge >= 0.3 is 0 Å².